The van der Waals surface area contributed by atoms with E-state index in [2.05, 4.69) is 21.2 Å². The van der Waals surface area contributed by atoms with Gasteiger partial charge in [0.15, 0.2) is 6.04 Å². The minimum absolute atomic E-state index is 0.596. The third-order valence-electron chi connectivity index (χ3n) is 2.95. The van der Waals surface area contributed by atoms with Crippen LogP contribution in [0.3, 0.4) is 0 Å². The first-order valence-electron chi connectivity index (χ1n) is 5.98. The third kappa shape index (κ3) is 3.52. The van der Waals surface area contributed by atoms with Gasteiger partial charge in [-0.15, -0.1) is 0 Å². The van der Waals surface area contributed by atoms with Gasteiger partial charge >= 0.3 is 5.97 Å². The summed E-state index contributed by atoms with van der Waals surface area (Å²) < 4.78 is 0.942. The van der Waals surface area contributed by atoms with Gasteiger partial charge in [0.2, 0.25) is 0 Å². The lowest BCUT2D eigenvalue weighted by Crippen LogP contribution is -2.21. The molecule has 0 heterocycles. The number of benzene rings is 2. The van der Waals surface area contributed by atoms with Crippen molar-refractivity contribution in [3.63, 3.8) is 0 Å². The highest BCUT2D eigenvalue weighted by atomic mass is 79.9. The third-order valence-corrected chi connectivity index (χ3v) is 3.71. The molecule has 0 aliphatic carbocycles. The van der Waals surface area contributed by atoms with Gasteiger partial charge in [0.05, 0.1) is 0 Å². The second kappa shape index (κ2) is 6.29. The number of carboxylic acid groups (broad SMARTS) is 1. The number of aryl methyl sites for hydroxylation is 1. The van der Waals surface area contributed by atoms with Gasteiger partial charge in [0.1, 0.15) is 0 Å². The lowest BCUT2D eigenvalue weighted by Gasteiger charge is -2.18. The summed E-state index contributed by atoms with van der Waals surface area (Å²) in [5.41, 5.74) is 2.29. The van der Waals surface area contributed by atoms with Crippen LogP contribution >= 0.6 is 27.5 Å². The molecule has 0 bridgehead atoms. The Morgan fingerprint density at radius 3 is 2.45 bits per heavy atom. The topological polar surface area (TPSA) is 49.3 Å². The van der Waals surface area contributed by atoms with Crippen molar-refractivity contribution in [1.82, 2.24) is 0 Å². The number of aliphatic carboxylic acids is 1. The Balaban J connectivity index is 2.31. The lowest BCUT2D eigenvalue weighted by molar-refractivity contribution is -0.138. The first-order chi connectivity index (χ1) is 9.47. The highest BCUT2D eigenvalue weighted by molar-refractivity contribution is 9.10. The summed E-state index contributed by atoms with van der Waals surface area (Å²) in [5.74, 6) is -0.932. The fourth-order valence-electron chi connectivity index (χ4n) is 1.95. The number of anilines is 1. The first-order valence-corrected chi connectivity index (χ1v) is 7.15. The maximum Gasteiger partial charge on any atom is 0.330 e. The second-order valence-corrected chi connectivity index (χ2v) is 5.78. The van der Waals surface area contributed by atoms with Crippen LogP contribution in [0.1, 0.15) is 17.2 Å². The first kappa shape index (κ1) is 14.9. The maximum atomic E-state index is 11.5. The van der Waals surface area contributed by atoms with Crippen LogP contribution in [0.4, 0.5) is 5.69 Å². The van der Waals surface area contributed by atoms with Gasteiger partial charge < -0.3 is 10.4 Å². The average Bonchev–Trinajstić information content (AvgIpc) is 2.39. The molecule has 1 atom stereocenters. The molecule has 104 valence electrons. The Morgan fingerprint density at radius 2 is 1.90 bits per heavy atom. The zero-order chi connectivity index (χ0) is 14.7. The van der Waals surface area contributed by atoms with E-state index in [-0.39, 0.29) is 0 Å². The highest BCUT2D eigenvalue weighted by Crippen LogP contribution is 2.26. The molecule has 0 fully saturated rings. The minimum Gasteiger partial charge on any atom is -0.479 e. The smallest absolute Gasteiger partial charge is 0.330 e. The molecule has 2 aromatic carbocycles. The van der Waals surface area contributed by atoms with Crippen LogP contribution in [0, 0.1) is 6.92 Å². The Hall–Kier alpha value is -1.52. The molecule has 2 N–H and O–H groups in total. The summed E-state index contributed by atoms with van der Waals surface area (Å²) in [6, 6.07) is 11.7. The molecule has 1 unspecified atom stereocenters. The van der Waals surface area contributed by atoms with Crippen molar-refractivity contribution in [1.29, 1.82) is 0 Å². The standard InChI is InChI=1S/C15H13BrClNO2/c1-9-8-11(17)4-7-13(9)14(15(19)20)18-12-5-2-10(16)3-6-12/h2-8,14,18H,1H3,(H,19,20). The SMILES string of the molecule is Cc1cc(Cl)ccc1C(Nc1ccc(Br)cc1)C(=O)O. The van der Waals surface area contributed by atoms with Crippen LogP contribution < -0.4 is 5.32 Å². The molecular formula is C15H13BrClNO2. The number of carboxylic acids is 1. The summed E-state index contributed by atoms with van der Waals surface area (Å²) in [6.07, 6.45) is 0. The largest absolute Gasteiger partial charge is 0.479 e. The molecule has 2 aromatic rings. The number of hydrogen-bond donors (Lipinski definition) is 2. The fraction of sp³-hybridized carbons (Fsp3) is 0.133. The number of halogens is 2. The summed E-state index contributed by atoms with van der Waals surface area (Å²) in [7, 11) is 0. The number of rotatable bonds is 4. The molecule has 20 heavy (non-hydrogen) atoms. The minimum atomic E-state index is -0.932. The second-order valence-electron chi connectivity index (χ2n) is 4.42. The highest BCUT2D eigenvalue weighted by Gasteiger charge is 2.21. The maximum absolute atomic E-state index is 11.5. The van der Waals surface area contributed by atoms with E-state index < -0.39 is 12.0 Å². The van der Waals surface area contributed by atoms with Gasteiger partial charge in [-0.25, -0.2) is 4.79 Å². The van der Waals surface area contributed by atoms with Crippen molar-refractivity contribution >= 4 is 39.2 Å². The van der Waals surface area contributed by atoms with Crippen LogP contribution in [0.2, 0.25) is 5.02 Å². The fourth-order valence-corrected chi connectivity index (χ4v) is 2.44. The van der Waals surface area contributed by atoms with E-state index in [9.17, 15) is 9.90 Å². The molecule has 0 aromatic heterocycles. The van der Waals surface area contributed by atoms with Crippen LogP contribution in [-0.4, -0.2) is 11.1 Å². The summed E-state index contributed by atoms with van der Waals surface area (Å²) in [6.45, 7) is 1.85. The van der Waals surface area contributed by atoms with Gasteiger partial charge in [-0.3, -0.25) is 0 Å². The Bertz CT molecular complexity index is 628. The van der Waals surface area contributed by atoms with Crippen molar-refractivity contribution in [2.45, 2.75) is 13.0 Å². The van der Waals surface area contributed by atoms with Gasteiger partial charge in [0, 0.05) is 15.2 Å². The normalized spacial score (nSPS) is 11.9. The van der Waals surface area contributed by atoms with Gasteiger partial charge in [-0.2, -0.15) is 0 Å². The molecule has 0 amide bonds. The van der Waals surface area contributed by atoms with Gasteiger partial charge in [-0.05, 0) is 54.4 Å². The van der Waals surface area contributed by atoms with Crippen LogP contribution in [-0.2, 0) is 4.79 Å². The lowest BCUT2D eigenvalue weighted by atomic mass is 10.0. The van der Waals surface area contributed by atoms with Crippen molar-refractivity contribution in [2.24, 2.45) is 0 Å². The van der Waals surface area contributed by atoms with E-state index >= 15 is 0 Å². The zero-order valence-electron chi connectivity index (χ0n) is 10.7. The molecule has 0 aliphatic rings. The van der Waals surface area contributed by atoms with Gasteiger partial charge in [0.25, 0.3) is 0 Å². The molecule has 0 aliphatic heterocycles. The predicted octanol–water partition coefficient (Wildman–Crippen LogP) is 4.65. The van der Waals surface area contributed by atoms with Crippen LogP contribution in [0.5, 0.6) is 0 Å². The summed E-state index contributed by atoms with van der Waals surface area (Å²) in [5, 5.41) is 13.0. The zero-order valence-corrected chi connectivity index (χ0v) is 13.1. The molecule has 0 spiro atoms. The summed E-state index contributed by atoms with van der Waals surface area (Å²) >= 11 is 9.25. The summed E-state index contributed by atoms with van der Waals surface area (Å²) in [4.78, 5) is 11.5. The molecule has 2 rings (SSSR count). The van der Waals surface area contributed by atoms with Crippen LogP contribution in [0.25, 0.3) is 0 Å². The Kier molecular flexibility index (Phi) is 4.68. The van der Waals surface area contributed by atoms with Crippen LogP contribution in [0.15, 0.2) is 46.9 Å². The van der Waals surface area contributed by atoms with E-state index in [1.54, 1.807) is 18.2 Å². The van der Waals surface area contributed by atoms with E-state index in [0.717, 1.165) is 15.7 Å². The molecule has 0 saturated heterocycles. The predicted molar refractivity (Wildman–Crippen MR) is 84.3 cm³/mol. The molecule has 5 heteroatoms. The van der Waals surface area contributed by atoms with E-state index in [1.165, 1.54) is 0 Å². The Labute approximate surface area is 130 Å². The molecular weight excluding hydrogens is 342 g/mol. The van der Waals surface area contributed by atoms with E-state index in [1.807, 2.05) is 31.2 Å². The quantitative estimate of drug-likeness (QED) is 0.840. The number of nitrogens with one attached hydrogen (secondary N) is 1. The van der Waals surface area contributed by atoms with E-state index in [4.69, 9.17) is 11.6 Å². The van der Waals surface area contributed by atoms with Gasteiger partial charge in [-0.1, -0.05) is 33.6 Å². The molecule has 3 nitrogen and oxygen atoms in total. The van der Waals surface area contributed by atoms with E-state index in [0.29, 0.717) is 10.6 Å². The molecule has 0 saturated carbocycles. The molecule has 0 radical (unpaired) electrons. The Morgan fingerprint density at radius 1 is 1.25 bits per heavy atom. The number of carbonyl (C=O) groups is 1. The van der Waals surface area contributed by atoms with Crippen molar-refractivity contribution in [2.75, 3.05) is 5.32 Å². The van der Waals surface area contributed by atoms with Crippen molar-refractivity contribution in [3.05, 3.63) is 63.1 Å². The average molecular weight is 355 g/mol. The number of hydrogen-bond acceptors (Lipinski definition) is 2. The van der Waals surface area contributed by atoms with Crippen molar-refractivity contribution < 1.29 is 9.90 Å². The monoisotopic (exact) mass is 353 g/mol. The van der Waals surface area contributed by atoms with Crippen molar-refractivity contribution in [3.8, 4) is 0 Å².